The van der Waals surface area contributed by atoms with Crippen LogP contribution in [0.3, 0.4) is 0 Å². The van der Waals surface area contributed by atoms with Crippen LogP contribution in [-0.2, 0) is 10.0 Å². The fraction of sp³-hybridized carbons (Fsp3) is 0.235. The van der Waals surface area contributed by atoms with Crippen LogP contribution in [0.1, 0.15) is 40.3 Å². The lowest BCUT2D eigenvalue weighted by molar-refractivity contribution is 0.0696. The summed E-state index contributed by atoms with van der Waals surface area (Å²) < 4.78 is 30.0. The van der Waals surface area contributed by atoms with Gasteiger partial charge in [0, 0.05) is 6.20 Å². The molecule has 136 valence electrons. The van der Waals surface area contributed by atoms with Gasteiger partial charge in [-0.1, -0.05) is 6.07 Å². The highest BCUT2D eigenvalue weighted by atomic mass is 32.2. The van der Waals surface area contributed by atoms with Crippen LogP contribution in [0.4, 0.5) is 0 Å². The summed E-state index contributed by atoms with van der Waals surface area (Å²) in [6.45, 7) is 4.98. The van der Waals surface area contributed by atoms with Crippen LogP contribution in [0.5, 0.6) is 0 Å². The fourth-order valence-electron chi connectivity index (χ4n) is 2.73. The summed E-state index contributed by atoms with van der Waals surface area (Å²) >= 11 is 0. The first-order chi connectivity index (χ1) is 12.2. The fourth-order valence-corrected chi connectivity index (χ4v) is 4.28. The number of pyridine rings is 1. The Balaban J connectivity index is 2.00. The van der Waals surface area contributed by atoms with Gasteiger partial charge in [-0.25, -0.2) is 17.9 Å². The Morgan fingerprint density at radius 3 is 2.65 bits per heavy atom. The lowest BCUT2D eigenvalue weighted by Gasteiger charge is -2.16. The van der Waals surface area contributed by atoms with Crippen molar-refractivity contribution < 1.29 is 18.3 Å². The van der Waals surface area contributed by atoms with Gasteiger partial charge in [0.1, 0.15) is 0 Å². The van der Waals surface area contributed by atoms with Crippen molar-refractivity contribution in [3.63, 3.8) is 0 Å². The Hall–Kier alpha value is -2.78. The van der Waals surface area contributed by atoms with Crippen LogP contribution < -0.4 is 4.72 Å². The number of sulfonamides is 1. The molecule has 0 aliphatic carbocycles. The maximum absolute atomic E-state index is 12.9. The molecule has 2 N–H and O–H groups in total. The van der Waals surface area contributed by atoms with Crippen LogP contribution >= 0.6 is 0 Å². The van der Waals surface area contributed by atoms with Crippen molar-refractivity contribution >= 4 is 21.6 Å². The molecule has 0 aliphatic heterocycles. The molecule has 9 heteroatoms. The quantitative estimate of drug-likeness (QED) is 0.707. The van der Waals surface area contributed by atoms with E-state index in [1.165, 1.54) is 12.1 Å². The Kier molecular flexibility index (Phi) is 4.51. The molecule has 3 rings (SSSR count). The second-order valence-electron chi connectivity index (χ2n) is 6.05. The molecule has 2 aromatic heterocycles. The van der Waals surface area contributed by atoms with Gasteiger partial charge in [0.15, 0.2) is 11.5 Å². The molecule has 0 fully saturated rings. The van der Waals surface area contributed by atoms with E-state index in [1.54, 1.807) is 43.5 Å². The highest BCUT2D eigenvalue weighted by molar-refractivity contribution is 7.89. The lowest BCUT2D eigenvalue weighted by Crippen LogP contribution is -2.29. The SMILES string of the molecule is Cc1cc(C(=O)O)cc(S(=O)(=O)N[C@@H](C)c2nnc3ccccn23)c1C. The second kappa shape index (κ2) is 6.50. The maximum atomic E-state index is 12.9. The number of carboxylic acid groups (broad SMARTS) is 1. The minimum atomic E-state index is -3.96. The van der Waals surface area contributed by atoms with Crippen LogP contribution in [0, 0.1) is 13.8 Å². The first-order valence-corrected chi connectivity index (χ1v) is 9.35. The summed E-state index contributed by atoms with van der Waals surface area (Å²) in [6.07, 6.45) is 1.75. The first-order valence-electron chi connectivity index (χ1n) is 7.87. The zero-order valence-corrected chi connectivity index (χ0v) is 15.3. The van der Waals surface area contributed by atoms with Gasteiger partial charge in [-0.05, 0) is 56.2 Å². The molecule has 0 amide bonds. The maximum Gasteiger partial charge on any atom is 0.335 e. The summed E-state index contributed by atoms with van der Waals surface area (Å²) in [5.41, 5.74) is 1.62. The van der Waals surface area contributed by atoms with Crippen molar-refractivity contribution in [2.45, 2.75) is 31.7 Å². The van der Waals surface area contributed by atoms with E-state index in [0.717, 1.165) is 0 Å². The number of benzene rings is 1. The summed E-state index contributed by atoms with van der Waals surface area (Å²) in [6, 6.07) is 7.33. The minimum Gasteiger partial charge on any atom is -0.478 e. The molecule has 1 atom stereocenters. The summed E-state index contributed by atoms with van der Waals surface area (Å²) in [7, 11) is -3.96. The second-order valence-corrected chi connectivity index (χ2v) is 7.73. The minimum absolute atomic E-state index is 0.0597. The molecule has 2 heterocycles. The molecular weight excluding hydrogens is 356 g/mol. The molecule has 0 spiro atoms. The number of aromatic nitrogens is 3. The third kappa shape index (κ3) is 3.18. The summed E-state index contributed by atoms with van der Waals surface area (Å²) in [5, 5.41) is 17.3. The Bertz CT molecular complexity index is 1110. The van der Waals surface area contributed by atoms with Gasteiger partial charge in [0.25, 0.3) is 0 Å². The van der Waals surface area contributed by atoms with Gasteiger partial charge < -0.3 is 5.11 Å². The molecular formula is C17H18N4O4S. The smallest absolute Gasteiger partial charge is 0.335 e. The van der Waals surface area contributed by atoms with Gasteiger partial charge in [-0.15, -0.1) is 10.2 Å². The number of nitrogens with one attached hydrogen (secondary N) is 1. The van der Waals surface area contributed by atoms with Crippen molar-refractivity contribution in [2.75, 3.05) is 0 Å². The van der Waals surface area contributed by atoms with Crippen molar-refractivity contribution in [3.8, 4) is 0 Å². The third-order valence-electron chi connectivity index (χ3n) is 4.22. The van der Waals surface area contributed by atoms with E-state index in [0.29, 0.717) is 22.6 Å². The van der Waals surface area contributed by atoms with E-state index in [2.05, 4.69) is 14.9 Å². The highest BCUT2D eigenvalue weighted by Crippen LogP contribution is 2.23. The molecule has 0 radical (unpaired) electrons. The molecule has 0 aliphatic rings. The Morgan fingerprint density at radius 2 is 1.96 bits per heavy atom. The van der Waals surface area contributed by atoms with E-state index >= 15 is 0 Å². The predicted octanol–water partition coefficient (Wildman–Crippen LogP) is 2.08. The number of rotatable bonds is 5. The van der Waals surface area contributed by atoms with Crippen molar-refractivity contribution in [3.05, 3.63) is 59.0 Å². The zero-order chi connectivity index (χ0) is 19.1. The number of nitrogens with zero attached hydrogens (tertiary/aromatic N) is 3. The molecule has 26 heavy (non-hydrogen) atoms. The zero-order valence-electron chi connectivity index (χ0n) is 14.5. The van der Waals surface area contributed by atoms with Gasteiger partial charge in [-0.3, -0.25) is 4.40 Å². The molecule has 0 bridgehead atoms. The van der Waals surface area contributed by atoms with E-state index in [-0.39, 0.29) is 10.5 Å². The summed E-state index contributed by atoms with van der Waals surface area (Å²) in [4.78, 5) is 11.2. The highest BCUT2D eigenvalue weighted by Gasteiger charge is 2.25. The number of hydrogen-bond donors (Lipinski definition) is 2. The normalized spacial score (nSPS) is 13.0. The average molecular weight is 374 g/mol. The number of fused-ring (bicyclic) bond motifs is 1. The van der Waals surface area contributed by atoms with E-state index in [4.69, 9.17) is 0 Å². The summed E-state index contributed by atoms with van der Waals surface area (Å²) in [5.74, 6) is -0.742. The molecule has 0 saturated carbocycles. The standard InChI is InChI=1S/C17H18N4O4S/c1-10-8-13(17(22)23)9-14(11(10)2)26(24,25)20-12(3)16-19-18-15-6-4-5-7-21(15)16/h4-9,12,20H,1-3H3,(H,22,23)/t12-/m0/s1. The van der Waals surface area contributed by atoms with Crippen LogP contribution in [0.15, 0.2) is 41.4 Å². The van der Waals surface area contributed by atoms with E-state index < -0.39 is 22.0 Å². The van der Waals surface area contributed by atoms with Crippen LogP contribution in [-0.4, -0.2) is 34.1 Å². The average Bonchev–Trinajstić information content (AvgIpc) is 3.00. The van der Waals surface area contributed by atoms with Crippen molar-refractivity contribution in [1.29, 1.82) is 0 Å². The van der Waals surface area contributed by atoms with Gasteiger partial charge >= 0.3 is 5.97 Å². The Labute approximate surface area is 150 Å². The van der Waals surface area contributed by atoms with Crippen LogP contribution in [0.2, 0.25) is 0 Å². The van der Waals surface area contributed by atoms with E-state index in [1.807, 2.05) is 6.07 Å². The molecule has 3 aromatic rings. The predicted molar refractivity (Wildman–Crippen MR) is 94.6 cm³/mol. The monoisotopic (exact) mass is 374 g/mol. The first kappa shape index (κ1) is 18.0. The molecule has 0 unspecified atom stereocenters. The number of aryl methyl sites for hydroxylation is 1. The largest absolute Gasteiger partial charge is 0.478 e. The van der Waals surface area contributed by atoms with Crippen molar-refractivity contribution in [1.82, 2.24) is 19.3 Å². The third-order valence-corrected chi connectivity index (χ3v) is 5.88. The van der Waals surface area contributed by atoms with Gasteiger partial charge in [0.2, 0.25) is 10.0 Å². The number of hydrogen-bond acceptors (Lipinski definition) is 5. The number of carboxylic acids is 1. The Morgan fingerprint density at radius 1 is 1.23 bits per heavy atom. The van der Waals surface area contributed by atoms with E-state index in [9.17, 15) is 18.3 Å². The number of aromatic carboxylic acids is 1. The number of carbonyl (C=O) groups is 1. The topological polar surface area (TPSA) is 114 Å². The van der Waals surface area contributed by atoms with Crippen LogP contribution in [0.25, 0.3) is 5.65 Å². The molecule has 0 saturated heterocycles. The lowest BCUT2D eigenvalue weighted by atomic mass is 10.1. The molecule has 1 aromatic carbocycles. The molecule has 8 nitrogen and oxygen atoms in total. The van der Waals surface area contributed by atoms with Gasteiger partial charge in [0.05, 0.1) is 16.5 Å². The van der Waals surface area contributed by atoms with Crippen molar-refractivity contribution in [2.24, 2.45) is 0 Å². The van der Waals surface area contributed by atoms with Gasteiger partial charge in [-0.2, -0.15) is 0 Å².